The molecule has 1 atom stereocenters. The minimum absolute atomic E-state index is 0.105. The van der Waals surface area contributed by atoms with Gasteiger partial charge in [0.2, 0.25) is 0 Å². The van der Waals surface area contributed by atoms with Crippen LogP contribution in [0.2, 0.25) is 0 Å². The number of rotatable bonds is 4. The Bertz CT molecular complexity index is 299. The number of benzene rings is 1. The van der Waals surface area contributed by atoms with Crippen molar-refractivity contribution in [2.45, 2.75) is 11.5 Å². The van der Waals surface area contributed by atoms with Gasteiger partial charge in [-0.25, -0.2) is 0 Å². The fourth-order valence-corrected chi connectivity index (χ4v) is 2.09. The van der Waals surface area contributed by atoms with E-state index < -0.39 is 10.8 Å². The standard InChI is InChI=1S/C9H12O3S/c10-5-6-13(12)9-4-2-1-3-8(9)7-11/h1-4,10-11H,5-7H2. The van der Waals surface area contributed by atoms with Crippen LogP contribution < -0.4 is 0 Å². The number of aliphatic hydroxyl groups is 2. The molecule has 0 heterocycles. The second-order valence-electron chi connectivity index (χ2n) is 2.54. The topological polar surface area (TPSA) is 57.5 Å². The van der Waals surface area contributed by atoms with Gasteiger partial charge in [-0.15, -0.1) is 0 Å². The quantitative estimate of drug-likeness (QED) is 0.734. The Morgan fingerprint density at radius 3 is 2.54 bits per heavy atom. The van der Waals surface area contributed by atoms with Gasteiger partial charge in [0, 0.05) is 4.90 Å². The van der Waals surface area contributed by atoms with Crippen LogP contribution in [0.15, 0.2) is 29.2 Å². The maximum Gasteiger partial charge on any atom is 0.0693 e. The molecule has 0 saturated heterocycles. The van der Waals surface area contributed by atoms with E-state index in [-0.39, 0.29) is 19.0 Å². The van der Waals surface area contributed by atoms with Gasteiger partial charge in [-0.1, -0.05) is 18.2 Å². The second kappa shape index (κ2) is 5.11. The van der Waals surface area contributed by atoms with Crippen molar-refractivity contribution in [2.24, 2.45) is 0 Å². The van der Waals surface area contributed by atoms with Crippen LogP contribution in [0.3, 0.4) is 0 Å². The van der Waals surface area contributed by atoms with Crippen molar-refractivity contribution in [1.29, 1.82) is 0 Å². The van der Waals surface area contributed by atoms with Crippen molar-refractivity contribution in [3.8, 4) is 0 Å². The molecule has 0 aliphatic carbocycles. The first kappa shape index (κ1) is 10.4. The highest BCUT2D eigenvalue weighted by molar-refractivity contribution is 7.85. The van der Waals surface area contributed by atoms with Crippen LogP contribution in [0.1, 0.15) is 5.56 Å². The summed E-state index contributed by atoms with van der Waals surface area (Å²) in [5.41, 5.74) is 0.661. The average Bonchev–Trinajstić information content (AvgIpc) is 2.18. The van der Waals surface area contributed by atoms with Gasteiger partial charge < -0.3 is 10.2 Å². The molecule has 1 unspecified atom stereocenters. The molecule has 3 nitrogen and oxygen atoms in total. The number of hydrogen-bond donors (Lipinski definition) is 2. The zero-order valence-corrected chi connectivity index (χ0v) is 7.96. The summed E-state index contributed by atoms with van der Waals surface area (Å²) in [6, 6.07) is 6.98. The molecule has 1 aromatic rings. The lowest BCUT2D eigenvalue weighted by Gasteiger charge is -2.04. The Morgan fingerprint density at radius 2 is 1.92 bits per heavy atom. The molecule has 0 fully saturated rings. The summed E-state index contributed by atoms with van der Waals surface area (Å²) in [4.78, 5) is 0.610. The molecule has 0 saturated carbocycles. The van der Waals surface area contributed by atoms with Gasteiger partial charge in [-0.2, -0.15) is 0 Å². The zero-order valence-electron chi connectivity index (χ0n) is 7.14. The third kappa shape index (κ3) is 2.62. The molecule has 4 heteroatoms. The van der Waals surface area contributed by atoms with Gasteiger partial charge in [-0.05, 0) is 11.6 Å². The Morgan fingerprint density at radius 1 is 1.23 bits per heavy atom. The summed E-state index contributed by atoms with van der Waals surface area (Å²) < 4.78 is 11.5. The van der Waals surface area contributed by atoms with Crippen molar-refractivity contribution in [3.63, 3.8) is 0 Å². The summed E-state index contributed by atoms with van der Waals surface area (Å²) in [7, 11) is -1.20. The molecule has 72 valence electrons. The average molecular weight is 200 g/mol. The summed E-state index contributed by atoms with van der Waals surface area (Å²) in [6.45, 7) is -0.223. The highest BCUT2D eigenvalue weighted by Gasteiger charge is 2.07. The highest BCUT2D eigenvalue weighted by Crippen LogP contribution is 2.13. The van der Waals surface area contributed by atoms with E-state index in [2.05, 4.69) is 0 Å². The zero-order chi connectivity index (χ0) is 9.68. The first-order chi connectivity index (χ1) is 6.29. The predicted molar refractivity (Wildman–Crippen MR) is 50.7 cm³/mol. The minimum atomic E-state index is -1.20. The molecular formula is C9H12O3S. The SMILES string of the molecule is O=S(CCO)c1ccccc1CO. The lowest BCUT2D eigenvalue weighted by molar-refractivity contribution is 0.278. The Hall–Kier alpha value is -0.710. The molecule has 0 aliphatic rings. The largest absolute Gasteiger partial charge is 0.395 e. The van der Waals surface area contributed by atoms with Crippen LogP contribution in [-0.2, 0) is 17.4 Å². The molecule has 0 amide bonds. The van der Waals surface area contributed by atoms with Gasteiger partial charge in [0.25, 0.3) is 0 Å². The van der Waals surface area contributed by atoms with E-state index in [1.54, 1.807) is 24.3 Å². The molecule has 0 aliphatic heterocycles. The minimum Gasteiger partial charge on any atom is -0.395 e. The maximum absolute atomic E-state index is 11.5. The Balaban J connectivity index is 2.92. The van der Waals surface area contributed by atoms with Crippen molar-refractivity contribution in [3.05, 3.63) is 29.8 Å². The monoisotopic (exact) mass is 200 g/mol. The van der Waals surface area contributed by atoms with Gasteiger partial charge in [-0.3, -0.25) is 4.21 Å². The van der Waals surface area contributed by atoms with Gasteiger partial charge >= 0.3 is 0 Å². The summed E-state index contributed by atoms with van der Waals surface area (Å²) in [5, 5.41) is 17.5. The smallest absolute Gasteiger partial charge is 0.0693 e. The van der Waals surface area contributed by atoms with E-state index in [9.17, 15) is 4.21 Å². The van der Waals surface area contributed by atoms with E-state index in [0.717, 1.165) is 0 Å². The summed E-state index contributed by atoms with van der Waals surface area (Å²) in [6.07, 6.45) is 0. The van der Waals surface area contributed by atoms with Crippen molar-refractivity contribution in [2.75, 3.05) is 12.4 Å². The third-order valence-corrected chi connectivity index (χ3v) is 3.11. The molecule has 13 heavy (non-hydrogen) atoms. The van der Waals surface area contributed by atoms with Crippen molar-refractivity contribution >= 4 is 10.8 Å². The first-order valence-electron chi connectivity index (χ1n) is 3.97. The molecule has 1 rings (SSSR count). The van der Waals surface area contributed by atoms with E-state index in [1.165, 1.54) is 0 Å². The first-order valence-corrected chi connectivity index (χ1v) is 5.29. The van der Waals surface area contributed by atoms with Crippen molar-refractivity contribution in [1.82, 2.24) is 0 Å². The van der Waals surface area contributed by atoms with E-state index in [0.29, 0.717) is 10.5 Å². The Kier molecular flexibility index (Phi) is 4.08. The number of aliphatic hydroxyl groups excluding tert-OH is 2. The second-order valence-corrected chi connectivity index (χ2v) is 4.08. The van der Waals surface area contributed by atoms with Crippen molar-refractivity contribution < 1.29 is 14.4 Å². The van der Waals surface area contributed by atoms with Crippen LogP contribution in [0, 0.1) is 0 Å². The highest BCUT2D eigenvalue weighted by atomic mass is 32.2. The van der Waals surface area contributed by atoms with Crippen LogP contribution in [-0.4, -0.2) is 26.8 Å². The third-order valence-electron chi connectivity index (χ3n) is 1.66. The predicted octanol–water partition coefficient (Wildman–Crippen LogP) is 0.279. The number of hydrogen-bond acceptors (Lipinski definition) is 3. The maximum atomic E-state index is 11.5. The molecule has 2 N–H and O–H groups in total. The van der Waals surface area contributed by atoms with Gasteiger partial charge in [0.1, 0.15) is 0 Å². The Labute approximate surface area is 79.5 Å². The molecular weight excluding hydrogens is 188 g/mol. The van der Waals surface area contributed by atoms with Crippen LogP contribution in [0.4, 0.5) is 0 Å². The fourth-order valence-electron chi connectivity index (χ4n) is 1.05. The van der Waals surface area contributed by atoms with E-state index >= 15 is 0 Å². The molecule has 0 radical (unpaired) electrons. The van der Waals surface area contributed by atoms with E-state index in [4.69, 9.17) is 10.2 Å². The molecule has 0 bridgehead atoms. The lowest BCUT2D eigenvalue weighted by Crippen LogP contribution is -2.04. The van der Waals surface area contributed by atoms with Crippen LogP contribution in [0.25, 0.3) is 0 Å². The molecule has 0 aromatic heterocycles. The summed E-state index contributed by atoms with van der Waals surface area (Å²) >= 11 is 0. The van der Waals surface area contributed by atoms with E-state index in [1.807, 2.05) is 0 Å². The summed E-state index contributed by atoms with van der Waals surface area (Å²) in [5.74, 6) is 0.219. The molecule has 1 aromatic carbocycles. The van der Waals surface area contributed by atoms with Crippen LogP contribution in [0.5, 0.6) is 0 Å². The molecule has 0 spiro atoms. The van der Waals surface area contributed by atoms with Gasteiger partial charge in [0.05, 0.1) is 29.8 Å². The normalized spacial score (nSPS) is 12.8. The lowest BCUT2D eigenvalue weighted by atomic mass is 10.2. The van der Waals surface area contributed by atoms with Gasteiger partial charge in [0.15, 0.2) is 0 Å². The fraction of sp³-hybridized carbons (Fsp3) is 0.333. The van der Waals surface area contributed by atoms with Crippen LogP contribution >= 0.6 is 0 Å².